The lowest BCUT2D eigenvalue weighted by Crippen LogP contribution is -2.18. The van der Waals surface area contributed by atoms with Crippen molar-refractivity contribution in [2.45, 2.75) is 13.0 Å². The van der Waals surface area contributed by atoms with E-state index < -0.39 is 0 Å². The Bertz CT molecular complexity index is 424. The first kappa shape index (κ1) is 10.7. The molecule has 2 heterocycles. The van der Waals surface area contributed by atoms with Crippen molar-refractivity contribution in [2.75, 3.05) is 6.54 Å². The van der Waals surface area contributed by atoms with E-state index in [9.17, 15) is 0 Å². The van der Waals surface area contributed by atoms with Gasteiger partial charge in [-0.1, -0.05) is 6.07 Å². The van der Waals surface area contributed by atoms with Crippen LogP contribution in [0.25, 0.3) is 0 Å². The van der Waals surface area contributed by atoms with E-state index in [0.29, 0.717) is 12.4 Å². The van der Waals surface area contributed by atoms with Crippen LogP contribution in [0, 0.1) is 0 Å². The monoisotopic (exact) mass is 218 g/mol. The van der Waals surface area contributed by atoms with E-state index in [2.05, 4.69) is 25.7 Å². The Hall–Kier alpha value is -1.82. The quantitative estimate of drug-likeness (QED) is 0.712. The third kappa shape index (κ3) is 3.09. The van der Waals surface area contributed by atoms with E-state index in [4.69, 9.17) is 0 Å². The number of nitrogens with zero attached hydrogens (tertiary/aromatic N) is 5. The van der Waals surface area contributed by atoms with Crippen LogP contribution in [0.3, 0.4) is 0 Å². The van der Waals surface area contributed by atoms with Gasteiger partial charge in [0.15, 0.2) is 5.82 Å². The lowest BCUT2D eigenvalue weighted by atomic mass is 10.3. The highest BCUT2D eigenvalue weighted by molar-refractivity contribution is 5.03. The van der Waals surface area contributed by atoms with E-state index in [1.807, 2.05) is 18.2 Å². The number of hydrogen-bond donors (Lipinski definition) is 1. The first-order valence-electron chi connectivity index (χ1n) is 5.18. The van der Waals surface area contributed by atoms with E-state index in [1.54, 1.807) is 13.2 Å². The van der Waals surface area contributed by atoms with Crippen LogP contribution in [-0.2, 0) is 20.0 Å². The molecule has 6 nitrogen and oxygen atoms in total. The van der Waals surface area contributed by atoms with Crippen molar-refractivity contribution in [2.24, 2.45) is 7.05 Å². The Balaban J connectivity index is 1.69. The molecule has 0 fully saturated rings. The van der Waals surface area contributed by atoms with Gasteiger partial charge in [-0.3, -0.25) is 4.98 Å². The van der Waals surface area contributed by atoms with Crippen LogP contribution in [0.2, 0.25) is 0 Å². The van der Waals surface area contributed by atoms with Crippen molar-refractivity contribution in [3.05, 3.63) is 35.9 Å². The van der Waals surface area contributed by atoms with Crippen LogP contribution in [0.15, 0.2) is 24.4 Å². The molecule has 0 aliphatic heterocycles. The fraction of sp³-hybridized carbons (Fsp3) is 0.400. The van der Waals surface area contributed by atoms with Crippen LogP contribution in [0.1, 0.15) is 11.5 Å². The summed E-state index contributed by atoms with van der Waals surface area (Å²) < 4.78 is 0. The van der Waals surface area contributed by atoms with E-state index in [1.165, 1.54) is 4.80 Å². The van der Waals surface area contributed by atoms with Gasteiger partial charge in [-0.15, -0.1) is 10.2 Å². The molecule has 0 aliphatic carbocycles. The van der Waals surface area contributed by atoms with Crippen LogP contribution in [0.5, 0.6) is 0 Å². The molecule has 0 unspecified atom stereocenters. The molecule has 1 N–H and O–H groups in total. The molecule has 0 atom stereocenters. The lowest BCUT2D eigenvalue weighted by Gasteiger charge is -2.00. The molecule has 0 aliphatic rings. The lowest BCUT2D eigenvalue weighted by molar-refractivity contribution is 0.618. The normalized spacial score (nSPS) is 10.6. The Morgan fingerprint density at radius 2 is 2.31 bits per heavy atom. The number of tetrazole rings is 1. The molecule has 2 aromatic rings. The fourth-order valence-corrected chi connectivity index (χ4v) is 1.36. The highest BCUT2D eigenvalue weighted by Crippen LogP contribution is 1.93. The van der Waals surface area contributed by atoms with Gasteiger partial charge in [-0.25, -0.2) is 0 Å². The summed E-state index contributed by atoms with van der Waals surface area (Å²) in [7, 11) is 1.75. The number of aryl methyl sites for hydroxylation is 1. The Morgan fingerprint density at radius 1 is 1.38 bits per heavy atom. The smallest absolute Gasteiger partial charge is 0.188 e. The van der Waals surface area contributed by atoms with Crippen molar-refractivity contribution >= 4 is 0 Å². The van der Waals surface area contributed by atoms with E-state index in [0.717, 1.165) is 18.7 Å². The summed E-state index contributed by atoms with van der Waals surface area (Å²) in [6.07, 6.45) is 2.71. The van der Waals surface area contributed by atoms with Gasteiger partial charge in [0.25, 0.3) is 0 Å². The predicted molar refractivity (Wildman–Crippen MR) is 58.4 cm³/mol. The molecule has 2 rings (SSSR count). The Morgan fingerprint density at radius 3 is 3.00 bits per heavy atom. The first-order valence-corrected chi connectivity index (χ1v) is 5.18. The van der Waals surface area contributed by atoms with Gasteiger partial charge in [0.2, 0.25) is 0 Å². The topological polar surface area (TPSA) is 68.5 Å². The summed E-state index contributed by atoms with van der Waals surface area (Å²) in [6, 6.07) is 5.93. The number of nitrogens with one attached hydrogen (secondary N) is 1. The molecule has 16 heavy (non-hydrogen) atoms. The van der Waals surface area contributed by atoms with Gasteiger partial charge in [-0.05, 0) is 17.3 Å². The third-order valence-electron chi connectivity index (χ3n) is 2.12. The van der Waals surface area contributed by atoms with Gasteiger partial charge in [0, 0.05) is 24.9 Å². The fourth-order valence-electron chi connectivity index (χ4n) is 1.36. The maximum Gasteiger partial charge on any atom is 0.188 e. The van der Waals surface area contributed by atoms with Crippen molar-refractivity contribution in [1.82, 2.24) is 30.5 Å². The predicted octanol–water partition coefficient (Wildman–Crippen LogP) is -0.0626. The molecule has 0 radical (unpaired) electrons. The van der Waals surface area contributed by atoms with Crippen LogP contribution in [0.4, 0.5) is 0 Å². The van der Waals surface area contributed by atoms with Gasteiger partial charge in [-0.2, -0.15) is 4.80 Å². The van der Waals surface area contributed by atoms with Crippen molar-refractivity contribution in [3.8, 4) is 0 Å². The van der Waals surface area contributed by atoms with Crippen LogP contribution < -0.4 is 5.32 Å². The molecule has 6 heteroatoms. The molecular formula is C10H14N6. The summed E-state index contributed by atoms with van der Waals surface area (Å²) in [5, 5.41) is 15.0. The van der Waals surface area contributed by atoms with E-state index in [-0.39, 0.29) is 0 Å². The first-order chi connectivity index (χ1) is 7.84. The highest BCUT2D eigenvalue weighted by Gasteiger charge is 1.99. The van der Waals surface area contributed by atoms with Gasteiger partial charge < -0.3 is 5.32 Å². The minimum atomic E-state index is 0.640. The zero-order valence-electron chi connectivity index (χ0n) is 9.17. The molecule has 0 spiro atoms. The average molecular weight is 218 g/mol. The summed E-state index contributed by atoms with van der Waals surface area (Å²) in [4.78, 5) is 5.69. The highest BCUT2D eigenvalue weighted by atomic mass is 15.6. The molecule has 0 bridgehead atoms. The largest absolute Gasteiger partial charge is 0.309 e. The van der Waals surface area contributed by atoms with E-state index >= 15 is 0 Å². The van der Waals surface area contributed by atoms with Crippen LogP contribution in [-0.4, -0.2) is 31.7 Å². The zero-order chi connectivity index (χ0) is 11.2. The maximum atomic E-state index is 4.24. The molecule has 84 valence electrons. The molecule has 0 saturated carbocycles. The minimum Gasteiger partial charge on any atom is -0.309 e. The molecule has 0 amide bonds. The molecule has 0 saturated heterocycles. The van der Waals surface area contributed by atoms with Crippen molar-refractivity contribution in [1.29, 1.82) is 0 Å². The summed E-state index contributed by atoms with van der Waals surface area (Å²) in [5.41, 5.74) is 1.09. The standard InChI is InChI=1S/C10H14N6/c1-16-14-10(13-15-16)8-11-7-5-9-4-2-3-6-12-9/h2-4,6,11H,5,7-8H2,1H3. The Kier molecular flexibility index (Phi) is 3.55. The summed E-state index contributed by atoms with van der Waals surface area (Å²) >= 11 is 0. The average Bonchev–Trinajstić information content (AvgIpc) is 2.72. The van der Waals surface area contributed by atoms with Crippen molar-refractivity contribution in [3.63, 3.8) is 0 Å². The number of pyridine rings is 1. The maximum absolute atomic E-state index is 4.24. The number of hydrogen-bond acceptors (Lipinski definition) is 5. The molecule has 2 aromatic heterocycles. The second kappa shape index (κ2) is 5.32. The minimum absolute atomic E-state index is 0.640. The number of aromatic nitrogens is 5. The van der Waals surface area contributed by atoms with Gasteiger partial charge >= 0.3 is 0 Å². The summed E-state index contributed by atoms with van der Waals surface area (Å²) in [6.45, 7) is 1.50. The SMILES string of the molecule is Cn1nnc(CNCCc2ccccn2)n1. The summed E-state index contributed by atoms with van der Waals surface area (Å²) in [5.74, 6) is 0.712. The van der Waals surface area contributed by atoms with Crippen LogP contribution >= 0.6 is 0 Å². The zero-order valence-corrected chi connectivity index (χ0v) is 9.17. The van der Waals surface area contributed by atoms with Gasteiger partial charge in [0.05, 0.1) is 13.6 Å². The molecule has 0 aromatic carbocycles. The van der Waals surface area contributed by atoms with Gasteiger partial charge in [0.1, 0.15) is 0 Å². The second-order valence-electron chi connectivity index (χ2n) is 3.44. The molecular weight excluding hydrogens is 204 g/mol. The Labute approximate surface area is 93.7 Å². The second-order valence-corrected chi connectivity index (χ2v) is 3.44. The number of rotatable bonds is 5. The third-order valence-corrected chi connectivity index (χ3v) is 2.12. The van der Waals surface area contributed by atoms with Crippen molar-refractivity contribution < 1.29 is 0 Å².